The van der Waals surface area contributed by atoms with Crippen molar-refractivity contribution in [3.05, 3.63) is 6.07 Å². The number of nitrogens with two attached hydrogens (primary N) is 1. The normalized spacial score (nSPS) is 16.9. The van der Waals surface area contributed by atoms with E-state index in [1.807, 2.05) is 13.0 Å². The molecule has 1 atom stereocenters. The molecule has 2 rings (SSSR count). The Morgan fingerprint density at radius 3 is 2.75 bits per heavy atom. The fraction of sp³-hybridized carbons (Fsp3) is 0.636. The average Bonchev–Trinajstić information content (AvgIpc) is 2.99. The lowest BCUT2D eigenvalue weighted by Crippen LogP contribution is -2.19. The number of nitrogen functional groups attached to an aromatic ring is 1. The maximum atomic E-state index is 5.65. The number of hydrogen-bond acceptors (Lipinski definition) is 5. The Kier molecular flexibility index (Phi) is 3.12. The molecule has 5 heteroatoms. The van der Waals surface area contributed by atoms with Gasteiger partial charge in [0.15, 0.2) is 0 Å². The SMILES string of the molecule is CCNc1cc(NC(C)C2CC2)nc(N)n1. The maximum Gasteiger partial charge on any atom is 0.223 e. The van der Waals surface area contributed by atoms with Crippen LogP contribution in [0.1, 0.15) is 26.7 Å². The molecule has 1 aromatic rings. The molecule has 1 saturated carbocycles. The van der Waals surface area contributed by atoms with Gasteiger partial charge in [0.05, 0.1) is 0 Å². The second kappa shape index (κ2) is 4.55. The standard InChI is InChI=1S/C11H19N5/c1-3-13-9-6-10(16-11(12)15-9)14-7(2)8-4-5-8/h6-8H,3-5H2,1-2H3,(H4,12,13,14,15,16). The van der Waals surface area contributed by atoms with Crippen LogP contribution in [0.2, 0.25) is 0 Å². The molecule has 1 unspecified atom stereocenters. The molecule has 1 aliphatic carbocycles. The van der Waals surface area contributed by atoms with Crippen molar-refractivity contribution >= 4 is 17.6 Å². The average molecular weight is 221 g/mol. The fourth-order valence-electron chi connectivity index (χ4n) is 1.76. The molecule has 88 valence electrons. The minimum absolute atomic E-state index is 0.309. The molecule has 1 aromatic heterocycles. The van der Waals surface area contributed by atoms with Gasteiger partial charge in [-0.15, -0.1) is 0 Å². The van der Waals surface area contributed by atoms with Gasteiger partial charge in [-0.3, -0.25) is 0 Å². The Balaban J connectivity index is 2.06. The summed E-state index contributed by atoms with van der Waals surface area (Å²) in [4.78, 5) is 8.29. The van der Waals surface area contributed by atoms with Crippen LogP contribution in [0.15, 0.2) is 6.07 Å². The molecule has 4 N–H and O–H groups in total. The highest BCUT2D eigenvalue weighted by Crippen LogP contribution is 2.33. The van der Waals surface area contributed by atoms with Crippen LogP contribution in [-0.4, -0.2) is 22.6 Å². The van der Waals surface area contributed by atoms with Crippen LogP contribution < -0.4 is 16.4 Å². The molecule has 0 radical (unpaired) electrons. The number of nitrogens with zero attached hydrogens (tertiary/aromatic N) is 2. The van der Waals surface area contributed by atoms with Gasteiger partial charge < -0.3 is 16.4 Å². The predicted molar refractivity (Wildman–Crippen MR) is 66.4 cm³/mol. The summed E-state index contributed by atoms with van der Waals surface area (Å²) in [6.45, 7) is 5.04. The lowest BCUT2D eigenvalue weighted by Gasteiger charge is -2.14. The number of hydrogen-bond donors (Lipinski definition) is 3. The van der Waals surface area contributed by atoms with Crippen molar-refractivity contribution in [1.82, 2.24) is 9.97 Å². The van der Waals surface area contributed by atoms with Crippen molar-refractivity contribution in [3.63, 3.8) is 0 Å². The summed E-state index contributed by atoms with van der Waals surface area (Å²) < 4.78 is 0. The van der Waals surface area contributed by atoms with Gasteiger partial charge in [0.25, 0.3) is 0 Å². The number of anilines is 3. The molecular weight excluding hydrogens is 202 g/mol. The monoisotopic (exact) mass is 221 g/mol. The Morgan fingerprint density at radius 1 is 1.44 bits per heavy atom. The van der Waals surface area contributed by atoms with E-state index < -0.39 is 0 Å². The van der Waals surface area contributed by atoms with E-state index in [0.29, 0.717) is 12.0 Å². The van der Waals surface area contributed by atoms with Crippen LogP contribution in [0.4, 0.5) is 17.6 Å². The topological polar surface area (TPSA) is 75.9 Å². The lowest BCUT2D eigenvalue weighted by atomic mass is 10.2. The van der Waals surface area contributed by atoms with Crippen molar-refractivity contribution in [2.24, 2.45) is 5.92 Å². The Labute approximate surface area is 95.9 Å². The molecule has 1 heterocycles. The minimum Gasteiger partial charge on any atom is -0.370 e. The molecule has 1 fully saturated rings. The summed E-state index contributed by atoms with van der Waals surface area (Å²) in [7, 11) is 0. The summed E-state index contributed by atoms with van der Waals surface area (Å²) in [5.41, 5.74) is 5.65. The zero-order chi connectivity index (χ0) is 11.5. The largest absolute Gasteiger partial charge is 0.370 e. The van der Waals surface area contributed by atoms with E-state index in [-0.39, 0.29) is 0 Å². The smallest absolute Gasteiger partial charge is 0.223 e. The molecule has 0 aliphatic heterocycles. The summed E-state index contributed by atoms with van der Waals surface area (Å²) in [6, 6.07) is 2.36. The first-order valence-corrected chi connectivity index (χ1v) is 5.84. The van der Waals surface area contributed by atoms with Gasteiger partial charge in [-0.1, -0.05) is 0 Å². The van der Waals surface area contributed by atoms with Gasteiger partial charge in [-0.05, 0) is 32.6 Å². The van der Waals surface area contributed by atoms with E-state index in [0.717, 1.165) is 24.1 Å². The van der Waals surface area contributed by atoms with Crippen LogP contribution in [0.5, 0.6) is 0 Å². The van der Waals surface area contributed by atoms with E-state index >= 15 is 0 Å². The van der Waals surface area contributed by atoms with Gasteiger partial charge in [-0.2, -0.15) is 9.97 Å². The molecule has 0 aromatic carbocycles. The highest BCUT2D eigenvalue weighted by molar-refractivity contribution is 5.51. The first kappa shape index (κ1) is 11.0. The Hall–Kier alpha value is -1.52. The molecule has 0 saturated heterocycles. The van der Waals surface area contributed by atoms with Crippen LogP contribution in [0, 0.1) is 5.92 Å². The Morgan fingerprint density at radius 2 is 2.12 bits per heavy atom. The third-order valence-corrected chi connectivity index (χ3v) is 2.81. The van der Waals surface area contributed by atoms with Crippen molar-refractivity contribution in [2.45, 2.75) is 32.7 Å². The highest BCUT2D eigenvalue weighted by atomic mass is 15.1. The van der Waals surface area contributed by atoms with Crippen molar-refractivity contribution in [3.8, 4) is 0 Å². The molecular formula is C11H19N5. The maximum absolute atomic E-state index is 5.65. The lowest BCUT2D eigenvalue weighted by molar-refractivity contribution is 0.690. The first-order valence-electron chi connectivity index (χ1n) is 5.84. The zero-order valence-corrected chi connectivity index (χ0v) is 9.83. The van der Waals surface area contributed by atoms with Gasteiger partial charge in [0, 0.05) is 18.7 Å². The molecule has 0 bridgehead atoms. The summed E-state index contributed by atoms with van der Waals surface area (Å²) in [5, 5.41) is 6.51. The Bertz CT molecular complexity index is 361. The summed E-state index contributed by atoms with van der Waals surface area (Å²) in [6.07, 6.45) is 2.63. The number of aromatic nitrogens is 2. The minimum atomic E-state index is 0.309. The highest BCUT2D eigenvalue weighted by Gasteiger charge is 2.28. The number of nitrogens with one attached hydrogen (secondary N) is 2. The van der Waals surface area contributed by atoms with Crippen molar-refractivity contribution in [1.29, 1.82) is 0 Å². The molecule has 5 nitrogen and oxygen atoms in total. The van der Waals surface area contributed by atoms with E-state index in [9.17, 15) is 0 Å². The molecule has 16 heavy (non-hydrogen) atoms. The van der Waals surface area contributed by atoms with Gasteiger partial charge in [0.2, 0.25) is 5.95 Å². The third-order valence-electron chi connectivity index (χ3n) is 2.81. The molecule has 0 amide bonds. The molecule has 1 aliphatic rings. The van der Waals surface area contributed by atoms with Crippen molar-refractivity contribution in [2.75, 3.05) is 22.9 Å². The van der Waals surface area contributed by atoms with Crippen molar-refractivity contribution < 1.29 is 0 Å². The zero-order valence-electron chi connectivity index (χ0n) is 9.83. The van der Waals surface area contributed by atoms with E-state index in [1.165, 1.54) is 12.8 Å². The second-order valence-electron chi connectivity index (χ2n) is 4.30. The fourth-order valence-corrected chi connectivity index (χ4v) is 1.76. The predicted octanol–water partition coefficient (Wildman–Crippen LogP) is 1.70. The quantitative estimate of drug-likeness (QED) is 0.705. The first-order chi connectivity index (χ1) is 7.69. The van der Waals surface area contributed by atoms with Gasteiger partial charge in [-0.25, -0.2) is 0 Å². The summed E-state index contributed by atoms with van der Waals surface area (Å²) in [5.74, 6) is 2.69. The van der Waals surface area contributed by atoms with Crippen LogP contribution in [0.3, 0.4) is 0 Å². The van der Waals surface area contributed by atoms with Crippen LogP contribution in [0.25, 0.3) is 0 Å². The van der Waals surface area contributed by atoms with Crippen LogP contribution in [-0.2, 0) is 0 Å². The van der Waals surface area contributed by atoms with E-state index in [2.05, 4.69) is 27.5 Å². The van der Waals surface area contributed by atoms with Gasteiger partial charge in [0.1, 0.15) is 11.6 Å². The van der Waals surface area contributed by atoms with E-state index in [4.69, 9.17) is 5.73 Å². The van der Waals surface area contributed by atoms with Crippen LogP contribution >= 0.6 is 0 Å². The second-order valence-corrected chi connectivity index (χ2v) is 4.30. The summed E-state index contributed by atoms with van der Waals surface area (Å²) >= 11 is 0. The third kappa shape index (κ3) is 2.74. The number of rotatable bonds is 5. The molecule has 0 spiro atoms. The van der Waals surface area contributed by atoms with Gasteiger partial charge >= 0.3 is 0 Å². The van der Waals surface area contributed by atoms with E-state index in [1.54, 1.807) is 0 Å².